The zero-order valence-electron chi connectivity index (χ0n) is 15.5. The van der Waals surface area contributed by atoms with Gasteiger partial charge in [-0.1, -0.05) is 6.07 Å². The minimum atomic E-state index is -4.47. The topological polar surface area (TPSA) is 83.9 Å². The molecule has 0 atom stereocenters. The average molecular weight is 404 g/mol. The summed E-state index contributed by atoms with van der Waals surface area (Å²) in [5, 5.41) is 8.04. The molecular weight excluding hydrogens is 385 g/mol. The smallest absolute Gasteiger partial charge is 0.368 e. The molecule has 0 spiro atoms. The lowest BCUT2D eigenvalue weighted by atomic mass is 10.2. The van der Waals surface area contributed by atoms with Crippen LogP contribution in [0.2, 0.25) is 0 Å². The third-order valence-corrected chi connectivity index (χ3v) is 3.86. The van der Waals surface area contributed by atoms with Crippen molar-refractivity contribution in [2.75, 3.05) is 23.7 Å². The summed E-state index contributed by atoms with van der Waals surface area (Å²) < 4.78 is 40.0. The summed E-state index contributed by atoms with van der Waals surface area (Å²) in [4.78, 5) is 20.5. The average Bonchev–Trinajstić information content (AvgIpc) is 3.19. The van der Waals surface area contributed by atoms with Crippen LogP contribution in [0.1, 0.15) is 11.4 Å². The third-order valence-electron chi connectivity index (χ3n) is 3.86. The Labute approximate surface area is 165 Å². The Hall–Kier alpha value is -3.56. The lowest BCUT2D eigenvalue weighted by Crippen LogP contribution is -2.32. The van der Waals surface area contributed by atoms with Gasteiger partial charge < -0.3 is 20.5 Å². The highest BCUT2D eigenvalue weighted by molar-refractivity contribution is 5.89. The van der Waals surface area contributed by atoms with E-state index < -0.39 is 17.8 Å². The van der Waals surface area contributed by atoms with Gasteiger partial charge in [0.05, 0.1) is 5.56 Å². The standard InChI is InChI=1S/C19H19F3N6O/c1-13-25-16(12-17(26-13)28-9-2-3-10-28)23-7-8-24-18(29)27-15-6-4-5-14(11-15)19(20,21)22/h2-6,9-12H,7-8H2,1H3,(H,23,25,26)(H2,24,27,29). The number of nitrogens with zero attached hydrogens (tertiary/aromatic N) is 3. The van der Waals surface area contributed by atoms with Gasteiger partial charge in [0.2, 0.25) is 0 Å². The van der Waals surface area contributed by atoms with E-state index >= 15 is 0 Å². The first kappa shape index (κ1) is 20.2. The molecule has 10 heteroatoms. The van der Waals surface area contributed by atoms with E-state index in [0.29, 0.717) is 24.0 Å². The Kier molecular flexibility index (Phi) is 6.01. The summed E-state index contributed by atoms with van der Waals surface area (Å²) in [5.41, 5.74) is -0.761. The molecule has 0 bridgehead atoms. The first-order chi connectivity index (χ1) is 13.8. The Bertz CT molecular complexity index is 972. The highest BCUT2D eigenvalue weighted by atomic mass is 19.4. The summed E-state index contributed by atoms with van der Waals surface area (Å²) in [6.07, 6.45) is -0.732. The number of nitrogens with one attached hydrogen (secondary N) is 3. The van der Waals surface area contributed by atoms with Gasteiger partial charge in [0.1, 0.15) is 17.5 Å². The summed E-state index contributed by atoms with van der Waals surface area (Å²) >= 11 is 0. The lowest BCUT2D eigenvalue weighted by Gasteiger charge is -2.12. The minimum Gasteiger partial charge on any atom is -0.368 e. The molecule has 0 fully saturated rings. The van der Waals surface area contributed by atoms with Gasteiger partial charge in [-0.25, -0.2) is 14.8 Å². The molecule has 0 saturated carbocycles. The minimum absolute atomic E-state index is 0.0630. The fourth-order valence-corrected chi connectivity index (χ4v) is 2.58. The van der Waals surface area contributed by atoms with E-state index in [-0.39, 0.29) is 12.2 Å². The predicted molar refractivity (Wildman–Crippen MR) is 103 cm³/mol. The van der Waals surface area contributed by atoms with Gasteiger partial charge in [0.25, 0.3) is 0 Å². The van der Waals surface area contributed by atoms with Crippen molar-refractivity contribution in [2.45, 2.75) is 13.1 Å². The van der Waals surface area contributed by atoms with Crippen molar-refractivity contribution in [1.82, 2.24) is 19.9 Å². The normalized spacial score (nSPS) is 11.2. The van der Waals surface area contributed by atoms with E-state index in [2.05, 4.69) is 25.9 Å². The van der Waals surface area contributed by atoms with Crippen LogP contribution in [-0.2, 0) is 6.18 Å². The second kappa shape index (κ2) is 8.63. The Morgan fingerprint density at radius 2 is 1.83 bits per heavy atom. The summed E-state index contributed by atoms with van der Waals surface area (Å²) in [5.74, 6) is 1.90. The molecule has 0 saturated heterocycles. The van der Waals surface area contributed by atoms with Crippen molar-refractivity contribution in [3.05, 3.63) is 66.2 Å². The number of aromatic nitrogens is 3. The fraction of sp³-hybridized carbons (Fsp3) is 0.211. The lowest BCUT2D eigenvalue weighted by molar-refractivity contribution is -0.137. The Morgan fingerprint density at radius 1 is 1.07 bits per heavy atom. The van der Waals surface area contributed by atoms with E-state index in [9.17, 15) is 18.0 Å². The monoisotopic (exact) mass is 404 g/mol. The van der Waals surface area contributed by atoms with E-state index in [1.165, 1.54) is 12.1 Å². The molecule has 3 N–H and O–H groups in total. The van der Waals surface area contributed by atoms with Crippen molar-refractivity contribution in [1.29, 1.82) is 0 Å². The van der Waals surface area contributed by atoms with Crippen LogP contribution in [0.3, 0.4) is 0 Å². The number of alkyl halides is 3. The first-order valence-corrected chi connectivity index (χ1v) is 8.76. The van der Waals surface area contributed by atoms with Gasteiger partial charge >= 0.3 is 12.2 Å². The van der Waals surface area contributed by atoms with Gasteiger partial charge in [-0.2, -0.15) is 13.2 Å². The van der Waals surface area contributed by atoms with Crippen molar-refractivity contribution < 1.29 is 18.0 Å². The van der Waals surface area contributed by atoms with Crippen LogP contribution in [0.15, 0.2) is 54.9 Å². The summed E-state index contributed by atoms with van der Waals surface area (Å²) in [7, 11) is 0. The van der Waals surface area contributed by atoms with Gasteiger partial charge in [-0.05, 0) is 37.3 Å². The predicted octanol–water partition coefficient (Wildman–Crippen LogP) is 3.83. The van der Waals surface area contributed by atoms with E-state index in [1.54, 1.807) is 13.0 Å². The molecular formula is C19H19F3N6O. The van der Waals surface area contributed by atoms with Crippen LogP contribution >= 0.6 is 0 Å². The van der Waals surface area contributed by atoms with Crippen LogP contribution in [0, 0.1) is 6.92 Å². The maximum Gasteiger partial charge on any atom is 0.416 e. The number of halogens is 3. The van der Waals surface area contributed by atoms with Crippen LogP contribution < -0.4 is 16.0 Å². The highest BCUT2D eigenvalue weighted by Crippen LogP contribution is 2.30. The van der Waals surface area contributed by atoms with Gasteiger partial charge in [-0.15, -0.1) is 0 Å². The number of benzene rings is 1. The second-order valence-electron chi connectivity index (χ2n) is 6.14. The number of rotatable bonds is 6. The number of amides is 2. The zero-order valence-corrected chi connectivity index (χ0v) is 15.5. The summed E-state index contributed by atoms with van der Waals surface area (Å²) in [6.45, 7) is 2.39. The molecule has 0 aliphatic carbocycles. The maximum atomic E-state index is 12.7. The molecule has 2 aromatic heterocycles. The maximum absolute atomic E-state index is 12.7. The van der Waals surface area contributed by atoms with Gasteiger partial charge in [-0.3, -0.25) is 0 Å². The molecule has 0 aliphatic rings. The number of hydrogen-bond donors (Lipinski definition) is 3. The van der Waals surface area contributed by atoms with Crippen molar-refractivity contribution in [3.63, 3.8) is 0 Å². The fourth-order valence-electron chi connectivity index (χ4n) is 2.58. The van der Waals surface area contributed by atoms with Crippen LogP contribution in [0.25, 0.3) is 5.82 Å². The molecule has 7 nitrogen and oxygen atoms in total. The largest absolute Gasteiger partial charge is 0.416 e. The van der Waals surface area contributed by atoms with Gasteiger partial charge in [0, 0.05) is 37.2 Å². The molecule has 2 amide bonds. The summed E-state index contributed by atoms with van der Waals surface area (Å²) in [6, 6.07) is 9.39. The quantitative estimate of drug-likeness (QED) is 0.546. The highest BCUT2D eigenvalue weighted by Gasteiger charge is 2.30. The zero-order chi connectivity index (χ0) is 20.9. The van der Waals surface area contributed by atoms with E-state index in [4.69, 9.17) is 0 Å². The Balaban J connectivity index is 1.49. The molecule has 2 heterocycles. The number of carbonyl (C=O) groups is 1. The molecule has 0 unspecified atom stereocenters. The SMILES string of the molecule is Cc1nc(NCCNC(=O)Nc2cccc(C(F)(F)F)c2)cc(-n2cccc2)n1. The number of aryl methyl sites for hydroxylation is 1. The molecule has 3 rings (SSSR count). The Morgan fingerprint density at radius 3 is 2.55 bits per heavy atom. The molecule has 29 heavy (non-hydrogen) atoms. The van der Waals surface area contributed by atoms with Crippen molar-refractivity contribution >= 4 is 17.5 Å². The molecule has 1 aromatic carbocycles. The number of carbonyl (C=O) groups excluding carboxylic acids is 1. The molecule has 152 valence electrons. The third kappa shape index (κ3) is 5.71. The van der Waals surface area contributed by atoms with Crippen molar-refractivity contribution in [2.24, 2.45) is 0 Å². The second-order valence-corrected chi connectivity index (χ2v) is 6.14. The van der Waals surface area contributed by atoms with Crippen LogP contribution in [0.5, 0.6) is 0 Å². The first-order valence-electron chi connectivity index (χ1n) is 8.76. The van der Waals surface area contributed by atoms with Crippen LogP contribution in [-0.4, -0.2) is 33.7 Å². The van der Waals surface area contributed by atoms with E-state index in [0.717, 1.165) is 12.1 Å². The molecule has 3 aromatic rings. The van der Waals surface area contributed by atoms with Crippen molar-refractivity contribution in [3.8, 4) is 5.82 Å². The number of hydrogen-bond acceptors (Lipinski definition) is 4. The molecule has 0 aliphatic heterocycles. The number of anilines is 2. The van der Waals surface area contributed by atoms with E-state index in [1.807, 2.05) is 29.1 Å². The van der Waals surface area contributed by atoms with Crippen LogP contribution in [0.4, 0.5) is 29.5 Å². The van der Waals surface area contributed by atoms with Gasteiger partial charge in [0.15, 0.2) is 0 Å². The number of urea groups is 1. The molecule has 0 radical (unpaired) electrons.